The lowest BCUT2D eigenvalue weighted by Crippen LogP contribution is -2.55. The van der Waals surface area contributed by atoms with Gasteiger partial charge >= 0.3 is 0 Å². The predicted molar refractivity (Wildman–Crippen MR) is 80.6 cm³/mol. The van der Waals surface area contributed by atoms with Gasteiger partial charge in [0.2, 0.25) is 0 Å². The first kappa shape index (κ1) is 15.4. The van der Waals surface area contributed by atoms with Crippen LogP contribution in [0.5, 0.6) is 5.75 Å². The molecule has 1 N–H and O–H groups in total. The Balaban J connectivity index is 2.01. The maximum absolute atomic E-state index is 12.4. The van der Waals surface area contributed by atoms with Crippen LogP contribution in [0.15, 0.2) is 18.2 Å². The first-order valence-corrected chi connectivity index (χ1v) is 7.37. The van der Waals surface area contributed by atoms with Crippen LogP contribution in [-0.4, -0.2) is 42.6 Å². The molecule has 1 heterocycles. The molecule has 1 aromatic rings. The second-order valence-corrected chi connectivity index (χ2v) is 5.74. The number of nitrogens with one attached hydrogen (secondary N) is 1. The topological polar surface area (TPSA) is 41.6 Å². The van der Waals surface area contributed by atoms with Gasteiger partial charge in [-0.2, -0.15) is 0 Å². The van der Waals surface area contributed by atoms with Gasteiger partial charge < -0.3 is 15.0 Å². The van der Waals surface area contributed by atoms with E-state index in [1.54, 1.807) is 25.1 Å². The molecule has 1 aliphatic rings. The van der Waals surface area contributed by atoms with Crippen molar-refractivity contribution in [3.05, 3.63) is 28.2 Å². The van der Waals surface area contributed by atoms with Crippen molar-refractivity contribution in [2.75, 3.05) is 19.6 Å². The molecule has 1 aromatic carbocycles. The van der Waals surface area contributed by atoms with Gasteiger partial charge in [-0.15, -0.1) is 0 Å². The zero-order valence-electron chi connectivity index (χ0n) is 11.5. The third-order valence-electron chi connectivity index (χ3n) is 3.34. The molecule has 20 heavy (non-hydrogen) atoms. The molecule has 110 valence electrons. The van der Waals surface area contributed by atoms with Gasteiger partial charge in [-0.1, -0.05) is 23.2 Å². The molecule has 0 spiro atoms. The van der Waals surface area contributed by atoms with Gasteiger partial charge in [-0.25, -0.2) is 0 Å². The minimum atomic E-state index is -0.548. The van der Waals surface area contributed by atoms with Crippen molar-refractivity contribution in [3.63, 3.8) is 0 Å². The lowest BCUT2D eigenvalue weighted by atomic mass is 10.2. The first-order chi connectivity index (χ1) is 9.49. The Morgan fingerprint density at radius 3 is 2.85 bits per heavy atom. The van der Waals surface area contributed by atoms with Crippen molar-refractivity contribution < 1.29 is 9.53 Å². The van der Waals surface area contributed by atoms with Crippen LogP contribution in [-0.2, 0) is 4.79 Å². The van der Waals surface area contributed by atoms with E-state index in [4.69, 9.17) is 27.9 Å². The highest BCUT2D eigenvalue weighted by molar-refractivity contribution is 6.42. The molecule has 1 fully saturated rings. The van der Waals surface area contributed by atoms with Crippen LogP contribution in [0, 0.1) is 0 Å². The van der Waals surface area contributed by atoms with Crippen molar-refractivity contribution in [1.29, 1.82) is 0 Å². The molecule has 4 nitrogen and oxygen atoms in total. The SMILES string of the molecule is CC(Oc1ccc(Cl)c(Cl)c1)C(=O)N1CCNC[C@H]1C. The number of piperazine rings is 1. The zero-order chi connectivity index (χ0) is 14.7. The molecule has 1 amide bonds. The van der Waals surface area contributed by atoms with Gasteiger partial charge in [0.05, 0.1) is 10.0 Å². The van der Waals surface area contributed by atoms with E-state index in [1.165, 1.54) is 0 Å². The standard InChI is InChI=1S/C14H18Cl2N2O2/c1-9-8-17-5-6-18(9)14(19)10(2)20-11-3-4-12(15)13(16)7-11/h3-4,7,9-10,17H,5-6,8H2,1-2H3/t9-,10?/m1/s1. The molecule has 2 rings (SSSR count). The van der Waals surface area contributed by atoms with Crippen LogP contribution in [0.3, 0.4) is 0 Å². The van der Waals surface area contributed by atoms with Gasteiger partial charge in [-0.05, 0) is 26.0 Å². The van der Waals surface area contributed by atoms with Gasteiger partial charge in [-0.3, -0.25) is 4.79 Å². The van der Waals surface area contributed by atoms with Crippen molar-refractivity contribution >= 4 is 29.1 Å². The van der Waals surface area contributed by atoms with E-state index in [1.807, 2.05) is 11.8 Å². The Hall–Kier alpha value is -0.970. The predicted octanol–water partition coefficient (Wildman–Crippen LogP) is 2.58. The molecule has 1 aliphatic heterocycles. The molecular formula is C14H18Cl2N2O2. The minimum Gasteiger partial charge on any atom is -0.481 e. The number of amides is 1. The number of carbonyl (C=O) groups excluding carboxylic acids is 1. The summed E-state index contributed by atoms with van der Waals surface area (Å²) in [7, 11) is 0. The smallest absolute Gasteiger partial charge is 0.263 e. The molecule has 0 radical (unpaired) electrons. The summed E-state index contributed by atoms with van der Waals surface area (Å²) in [6.07, 6.45) is -0.548. The molecule has 0 bridgehead atoms. The van der Waals surface area contributed by atoms with E-state index in [9.17, 15) is 4.79 Å². The third kappa shape index (κ3) is 3.57. The summed E-state index contributed by atoms with van der Waals surface area (Å²) in [5, 5.41) is 4.14. The van der Waals surface area contributed by atoms with Crippen LogP contribution in [0.1, 0.15) is 13.8 Å². The average molecular weight is 317 g/mol. The number of hydrogen-bond acceptors (Lipinski definition) is 3. The Labute approximate surface area is 129 Å². The number of ether oxygens (including phenoxy) is 1. The van der Waals surface area contributed by atoms with E-state index in [0.717, 1.165) is 13.1 Å². The fourth-order valence-electron chi connectivity index (χ4n) is 2.21. The first-order valence-electron chi connectivity index (χ1n) is 6.62. The second-order valence-electron chi connectivity index (χ2n) is 4.92. The van der Waals surface area contributed by atoms with E-state index >= 15 is 0 Å². The van der Waals surface area contributed by atoms with Gasteiger partial charge in [0, 0.05) is 31.7 Å². The van der Waals surface area contributed by atoms with Crippen LogP contribution in [0.2, 0.25) is 10.0 Å². The van der Waals surface area contributed by atoms with E-state index < -0.39 is 6.10 Å². The summed E-state index contributed by atoms with van der Waals surface area (Å²) < 4.78 is 5.66. The lowest BCUT2D eigenvalue weighted by Gasteiger charge is -2.35. The van der Waals surface area contributed by atoms with Crippen molar-refractivity contribution in [2.45, 2.75) is 26.0 Å². The lowest BCUT2D eigenvalue weighted by molar-refractivity contribution is -0.140. The Bertz CT molecular complexity index is 496. The van der Waals surface area contributed by atoms with Gasteiger partial charge in [0.15, 0.2) is 6.10 Å². The average Bonchev–Trinajstić information content (AvgIpc) is 2.42. The number of nitrogens with zero attached hydrogens (tertiary/aromatic N) is 1. The van der Waals surface area contributed by atoms with Gasteiger partial charge in [0.1, 0.15) is 5.75 Å². The fourth-order valence-corrected chi connectivity index (χ4v) is 2.49. The van der Waals surface area contributed by atoms with Crippen LogP contribution in [0.4, 0.5) is 0 Å². The monoisotopic (exact) mass is 316 g/mol. The Morgan fingerprint density at radius 2 is 2.20 bits per heavy atom. The van der Waals surface area contributed by atoms with Crippen LogP contribution < -0.4 is 10.1 Å². The quantitative estimate of drug-likeness (QED) is 0.932. The number of carbonyl (C=O) groups is 1. The number of rotatable bonds is 3. The third-order valence-corrected chi connectivity index (χ3v) is 4.08. The normalized spacial score (nSPS) is 20.6. The summed E-state index contributed by atoms with van der Waals surface area (Å²) in [5.41, 5.74) is 0. The zero-order valence-corrected chi connectivity index (χ0v) is 13.0. The summed E-state index contributed by atoms with van der Waals surface area (Å²) in [6.45, 7) is 6.10. The van der Waals surface area contributed by atoms with Crippen LogP contribution in [0.25, 0.3) is 0 Å². The number of benzene rings is 1. The van der Waals surface area contributed by atoms with E-state index in [-0.39, 0.29) is 11.9 Å². The molecule has 1 saturated heterocycles. The highest BCUT2D eigenvalue weighted by atomic mass is 35.5. The largest absolute Gasteiger partial charge is 0.481 e. The maximum atomic E-state index is 12.4. The fraction of sp³-hybridized carbons (Fsp3) is 0.500. The highest BCUT2D eigenvalue weighted by Gasteiger charge is 2.27. The molecule has 6 heteroatoms. The van der Waals surface area contributed by atoms with E-state index in [2.05, 4.69) is 5.32 Å². The molecule has 0 aromatic heterocycles. The van der Waals surface area contributed by atoms with Crippen molar-refractivity contribution in [2.24, 2.45) is 0 Å². The summed E-state index contributed by atoms with van der Waals surface area (Å²) in [6, 6.07) is 5.16. The summed E-state index contributed by atoms with van der Waals surface area (Å²) in [5.74, 6) is 0.535. The maximum Gasteiger partial charge on any atom is 0.263 e. The summed E-state index contributed by atoms with van der Waals surface area (Å²) >= 11 is 11.8. The molecular weight excluding hydrogens is 299 g/mol. The molecule has 0 aliphatic carbocycles. The van der Waals surface area contributed by atoms with Gasteiger partial charge in [0.25, 0.3) is 5.91 Å². The molecule has 1 unspecified atom stereocenters. The summed E-state index contributed by atoms with van der Waals surface area (Å²) in [4.78, 5) is 14.2. The Kier molecular flexibility index (Phi) is 5.13. The highest BCUT2D eigenvalue weighted by Crippen LogP contribution is 2.27. The second kappa shape index (κ2) is 6.66. The number of halogens is 2. The van der Waals surface area contributed by atoms with Crippen LogP contribution >= 0.6 is 23.2 Å². The van der Waals surface area contributed by atoms with Crippen molar-refractivity contribution in [1.82, 2.24) is 10.2 Å². The molecule has 2 atom stereocenters. The van der Waals surface area contributed by atoms with E-state index in [0.29, 0.717) is 22.3 Å². The Morgan fingerprint density at radius 1 is 1.45 bits per heavy atom. The molecule has 0 saturated carbocycles. The van der Waals surface area contributed by atoms with Crippen molar-refractivity contribution in [3.8, 4) is 5.75 Å². The number of hydrogen-bond donors (Lipinski definition) is 1. The minimum absolute atomic E-state index is 0.00919.